The second-order valence-corrected chi connectivity index (χ2v) is 6.54. The summed E-state index contributed by atoms with van der Waals surface area (Å²) in [5.41, 5.74) is -0.643. The first kappa shape index (κ1) is 19.3. The molecule has 1 aliphatic heterocycles. The van der Waals surface area contributed by atoms with Crippen molar-refractivity contribution in [2.75, 3.05) is 44.7 Å². The third-order valence-corrected chi connectivity index (χ3v) is 4.51. The molecule has 0 N–H and O–H groups in total. The number of hydrogen-bond acceptors (Lipinski definition) is 4. The Morgan fingerprint density at radius 2 is 1.85 bits per heavy atom. The van der Waals surface area contributed by atoms with Crippen molar-refractivity contribution in [1.82, 2.24) is 14.8 Å². The highest BCUT2D eigenvalue weighted by Crippen LogP contribution is 2.33. The van der Waals surface area contributed by atoms with Gasteiger partial charge in [-0.15, -0.1) is 0 Å². The number of likely N-dealkylation sites (N-methyl/N-ethyl adjacent to an activating group) is 1. The van der Waals surface area contributed by atoms with Crippen LogP contribution in [0.4, 0.5) is 24.7 Å². The molecule has 2 heterocycles. The lowest BCUT2D eigenvalue weighted by Gasteiger charge is -2.33. The minimum Gasteiger partial charge on any atom is -0.304 e. The van der Waals surface area contributed by atoms with Crippen molar-refractivity contribution in [3.63, 3.8) is 0 Å². The third-order valence-electron chi connectivity index (χ3n) is 4.51. The van der Waals surface area contributed by atoms with Gasteiger partial charge in [-0.2, -0.15) is 13.2 Å². The zero-order valence-corrected chi connectivity index (χ0v) is 15.0. The number of aromatic nitrogens is 1. The predicted octanol–water partition coefficient (Wildman–Crippen LogP) is 3.01. The summed E-state index contributed by atoms with van der Waals surface area (Å²) in [5.74, 6) is -0.00599. The summed E-state index contributed by atoms with van der Waals surface area (Å²) >= 11 is 0. The fourth-order valence-corrected chi connectivity index (χ4v) is 2.98. The number of halogens is 3. The lowest BCUT2D eigenvalue weighted by molar-refractivity contribution is -0.137. The summed E-state index contributed by atoms with van der Waals surface area (Å²) in [6.45, 7) is 3.29. The molecule has 0 radical (unpaired) electrons. The molecule has 3 rings (SSSR count). The van der Waals surface area contributed by atoms with Crippen LogP contribution >= 0.6 is 0 Å². The van der Waals surface area contributed by atoms with Gasteiger partial charge >= 0.3 is 6.18 Å². The molecule has 1 aliphatic rings. The standard InChI is InChI=1S/C19H21F3N4O/c1-24-9-11-25(12-10-24)14-18(27)26(17-7-2-3-8-23-17)16-6-4-5-15(13-16)19(20,21)22/h2-8,13H,9-12,14H2,1H3. The maximum atomic E-state index is 13.1. The van der Waals surface area contributed by atoms with Crippen LogP contribution in [0.5, 0.6) is 0 Å². The van der Waals surface area contributed by atoms with E-state index in [-0.39, 0.29) is 18.1 Å². The van der Waals surface area contributed by atoms with Gasteiger partial charge in [0.15, 0.2) is 0 Å². The number of piperazine rings is 1. The first-order valence-electron chi connectivity index (χ1n) is 8.67. The molecule has 0 unspecified atom stereocenters. The van der Waals surface area contributed by atoms with E-state index >= 15 is 0 Å². The average molecular weight is 378 g/mol. The highest BCUT2D eigenvalue weighted by atomic mass is 19.4. The number of benzene rings is 1. The van der Waals surface area contributed by atoms with Crippen molar-refractivity contribution >= 4 is 17.4 Å². The van der Waals surface area contributed by atoms with E-state index in [0.29, 0.717) is 5.82 Å². The van der Waals surface area contributed by atoms with Crippen LogP contribution in [0.1, 0.15) is 5.56 Å². The predicted molar refractivity (Wildman–Crippen MR) is 96.8 cm³/mol. The van der Waals surface area contributed by atoms with Gasteiger partial charge in [0.1, 0.15) is 5.82 Å². The molecule has 0 saturated carbocycles. The van der Waals surface area contributed by atoms with Crippen LogP contribution in [0.3, 0.4) is 0 Å². The Bertz CT molecular complexity index is 774. The number of anilines is 2. The summed E-state index contributed by atoms with van der Waals surface area (Å²) in [5, 5.41) is 0. The highest BCUT2D eigenvalue weighted by molar-refractivity contribution is 6.00. The van der Waals surface area contributed by atoms with Crippen molar-refractivity contribution in [2.45, 2.75) is 6.18 Å². The number of amides is 1. The van der Waals surface area contributed by atoms with Crippen LogP contribution in [0.25, 0.3) is 0 Å². The number of alkyl halides is 3. The number of pyridine rings is 1. The minimum absolute atomic E-state index is 0.126. The molecule has 0 aliphatic carbocycles. The van der Waals surface area contributed by atoms with Crippen LogP contribution in [-0.2, 0) is 11.0 Å². The Kier molecular flexibility index (Phi) is 5.76. The zero-order valence-electron chi connectivity index (χ0n) is 15.0. The highest BCUT2D eigenvalue weighted by Gasteiger charge is 2.32. The van der Waals surface area contributed by atoms with Crippen molar-refractivity contribution < 1.29 is 18.0 Å². The van der Waals surface area contributed by atoms with Crippen molar-refractivity contribution in [3.05, 3.63) is 54.2 Å². The molecule has 0 spiro atoms. The lowest BCUT2D eigenvalue weighted by Crippen LogP contribution is -2.48. The Labute approximate surface area is 156 Å². The summed E-state index contributed by atoms with van der Waals surface area (Å²) in [6, 6.07) is 9.78. The molecule has 27 heavy (non-hydrogen) atoms. The fourth-order valence-electron chi connectivity index (χ4n) is 2.98. The van der Waals surface area contributed by atoms with Gasteiger partial charge in [0.05, 0.1) is 17.8 Å². The number of carbonyl (C=O) groups is 1. The maximum Gasteiger partial charge on any atom is 0.416 e. The summed E-state index contributed by atoms with van der Waals surface area (Å²) in [4.78, 5) is 22.6. The van der Waals surface area contributed by atoms with E-state index < -0.39 is 11.7 Å². The molecule has 5 nitrogen and oxygen atoms in total. The number of rotatable bonds is 4. The summed E-state index contributed by atoms with van der Waals surface area (Å²) in [6.07, 6.45) is -2.97. The number of nitrogens with zero attached hydrogens (tertiary/aromatic N) is 4. The Morgan fingerprint density at radius 1 is 1.11 bits per heavy atom. The van der Waals surface area contributed by atoms with Gasteiger partial charge in [-0.1, -0.05) is 12.1 Å². The molecule has 0 bridgehead atoms. The molecule has 144 valence electrons. The maximum absolute atomic E-state index is 13.1. The number of carbonyl (C=O) groups excluding carboxylic acids is 1. The molecular weight excluding hydrogens is 357 g/mol. The van der Waals surface area contributed by atoms with E-state index in [1.807, 2.05) is 11.9 Å². The Balaban J connectivity index is 1.89. The van der Waals surface area contributed by atoms with Crippen molar-refractivity contribution in [1.29, 1.82) is 0 Å². The van der Waals surface area contributed by atoms with Crippen molar-refractivity contribution in [3.8, 4) is 0 Å². The van der Waals surface area contributed by atoms with E-state index in [0.717, 1.165) is 38.3 Å². The average Bonchev–Trinajstić information content (AvgIpc) is 2.64. The SMILES string of the molecule is CN1CCN(CC(=O)N(c2cccc(C(F)(F)F)c2)c2ccccn2)CC1. The Morgan fingerprint density at radius 3 is 2.48 bits per heavy atom. The summed E-state index contributed by atoms with van der Waals surface area (Å²) < 4.78 is 39.3. The monoisotopic (exact) mass is 378 g/mol. The van der Waals surface area contributed by atoms with E-state index in [1.54, 1.807) is 18.2 Å². The van der Waals surface area contributed by atoms with Crippen LogP contribution in [0.15, 0.2) is 48.7 Å². The topological polar surface area (TPSA) is 39.7 Å². The molecule has 0 atom stereocenters. The second kappa shape index (κ2) is 8.06. The first-order chi connectivity index (χ1) is 12.8. The van der Waals surface area contributed by atoms with Crippen LogP contribution in [-0.4, -0.2) is 60.5 Å². The normalized spacial score (nSPS) is 16.3. The van der Waals surface area contributed by atoms with E-state index in [1.165, 1.54) is 23.2 Å². The van der Waals surface area contributed by atoms with Gasteiger partial charge in [-0.05, 0) is 37.4 Å². The Hall–Kier alpha value is -2.45. The first-order valence-corrected chi connectivity index (χ1v) is 8.67. The molecule has 1 fully saturated rings. The van der Waals surface area contributed by atoms with Gasteiger partial charge in [0.25, 0.3) is 0 Å². The van der Waals surface area contributed by atoms with E-state index in [9.17, 15) is 18.0 Å². The van der Waals surface area contributed by atoms with Gasteiger partial charge in [-0.3, -0.25) is 14.6 Å². The zero-order chi connectivity index (χ0) is 19.4. The molecular formula is C19H21F3N4O. The van der Waals surface area contributed by atoms with Crippen molar-refractivity contribution in [2.24, 2.45) is 0 Å². The van der Waals surface area contributed by atoms with Crippen LogP contribution in [0.2, 0.25) is 0 Å². The molecule has 1 aromatic heterocycles. The molecule has 8 heteroatoms. The van der Waals surface area contributed by atoms with Gasteiger partial charge in [0, 0.05) is 32.4 Å². The van der Waals surface area contributed by atoms with Crippen LogP contribution in [0, 0.1) is 0 Å². The summed E-state index contributed by atoms with van der Waals surface area (Å²) in [7, 11) is 2.02. The van der Waals surface area contributed by atoms with Gasteiger partial charge < -0.3 is 4.90 Å². The van der Waals surface area contributed by atoms with E-state index in [4.69, 9.17) is 0 Å². The molecule has 1 amide bonds. The second-order valence-electron chi connectivity index (χ2n) is 6.54. The van der Waals surface area contributed by atoms with Crippen LogP contribution < -0.4 is 4.90 Å². The molecule has 1 aromatic carbocycles. The smallest absolute Gasteiger partial charge is 0.304 e. The minimum atomic E-state index is -4.48. The van der Waals surface area contributed by atoms with E-state index in [2.05, 4.69) is 9.88 Å². The lowest BCUT2D eigenvalue weighted by atomic mass is 10.1. The number of hydrogen-bond donors (Lipinski definition) is 0. The fraction of sp³-hybridized carbons (Fsp3) is 0.368. The third kappa shape index (κ3) is 4.84. The van der Waals surface area contributed by atoms with Gasteiger partial charge in [-0.25, -0.2) is 4.98 Å². The molecule has 2 aromatic rings. The quantitative estimate of drug-likeness (QED) is 0.820. The van der Waals surface area contributed by atoms with Gasteiger partial charge in [0.2, 0.25) is 5.91 Å². The largest absolute Gasteiger partial charge is 0.416 e. The molecule has 1 saturated heterocycles.